The summed E-state index contributed by atoms with van der Waals surface area (Å²) in [6.45, 7) is 18.0. The first-order chi connectivity index (χ1) is 23.6. The van der Waals surface area contributed by atoms with E-state index in [2.05, 4.69) is 53.9 Å². The van der Waals surface area contributed by atoms with Crippen molar-refractivity contribution in [2.45, 2.75) is 111 Å². The van der Waals surface area contributed by atoms with Crippen LogP contribution >= 0.6 is 18.6 Å². The van der Waals surface area contributed by atoms with Gasteiger partial charge in [-0.25, -0.2) is 0 Å². The van der Waals surface area contributed by atoms with Crippen LogP contribution in [0.4, 0.5) is 0 Å². The summed E-state index contributed by atoms with van der Waals surface area (Å²) in [7, 11) is 0. The molecule has 0 fully saturated rings. The molecular formula is C43H72BI2N4O3-. The van der Waals surface area contributed by atoms with Crippen LogP contribution in [0.25, 0.3) is 22.5 Å². The fourth-order valence-corrected chi connectivity index (χ4v) is 3.05. The van der Waals surface area contributed by atoms with Gasteiger partial charge in [0, 0.05) is 42.5 Å². The Bertz CT molecular complexity index is 1330. The van der Waals surface area contributed by atoms with E-state index in [4.69, 9.17) is 26.4 Å². The molecule has 4 N–H and O–H groups in total. The summed E-state index contributed by atoms with van der Waals surface area (Å²) in [5.74, 6) is 4.29. The molecule has 0 unspecified atom stereocenters. The number of hydrogen-bond donors (Lipinski definition) is 2. The number of benzene rings is 3. The van der Waals surface area contributed by atoms with Crippen LogP contribution in [0.2, 0.25) is 0 Å². The Morgan fingerprint density at radius 2 is 0.981 bits per heavy atom. The van der Waals surface area contributed by atoms with E-state index in [9.17, 15) is 0 Å². The molecule has 2 heterocycles. The SMILES string of the molecule is C.C.C.C.C#CCC.CC.CC.CC.CCc1cc(-c2ccccc2)no1.CCc1cc(-c2ccccc2)no1.N.ON=Cc1ccccc1.[B][I-]I. The zero-order valence-electron chi connectivity index (χ0n) is 30.7. The van der Waals surface area contributed by atoms with Gasteiger partial charge in [0.1, 0.15) is 22.9 Å². The Morgan fingerprint density at radius 3 is 1.21 bits per heavy atom. The molecule has 53 heavy (non-hydrogen) atoms. The summed E-state index contributed by atoms with van der Waals surface area (Å²) in [6, 6.07) is 33.4. The van der Waals surface area contributed by atoms with Crippen molar-refractivity contribution >= 4 is 30.5 Å². The quantitative estimate of drug-likeness (QED) is 0.0452. The molecule has 7 nitrogen and oxygen atoms in total. The molecule has 0 atom stereocenters. The van der Waals surface area contributed by atoms with Crippen LogP contribution in [0.15, 0.2) is 117 Å². The minimum absolute atomic E-state index is 0. The number of aromatic nitrogens is 2. The molecule has 2 radical (unpaired) electrons. The first-order valence-corrected chi connectivity index (χ1v) is 23.7. The fraction of sp³-hybridized carbons (Fsp3) is 0.372. The third-order valence-corrected chi connectivity index (χ3v) is 5.16. The van der Waals surface area contributed by atoms with Crippen molar-refractivity contribution in [2.75, 3.05) is 0 Å². The van der Waals surface area contributed by atoms with E-state index in [1.54, 1.807) is 0 Å². The van der Waals surface area contributed by atoms with Gasteiger partial charge >= 0.3 is 41.3 Å². The molecule has 0 saturated heterocycles. The van der Waals surface area contributed by atoms with E-state index in [0.717, 1.165) is 58.9 Å². The van der Waals surface area contributed by atoms with Crippen LogP contribution in [-0.2, 0) is 12.8 Å². The summed E-state index contributed by atoms with van der Waals surface area (Å²) in [4.78, 5) is 0. The van der Waals surface area contributed by atoms with Crippen LogP contribution in [0.3, 0.4) is 0 Å². The summed E-state index contributed by atoms with van der Waals surface area (Å²) < 4.78 is 10.2. The number of aryl methyl sites for hydroxylation is 2. The van der Waals surface area contributed by atoms with Gasteiger partial charge in [-0.2, -0.15) is 0 Å². The van der Waals surface area contributed by atoms with Crippen molar-refractivity contribution < 1.29 is 31.3 Å². The zero-order valence-corrected chi connectivity index (χ0v) is 35.1. The second-order valence-electron chi connectivity index (χ2n) is 8.09. The van der Waals surface area contributed by atoms with Gasteiger partial charge in [-0.05, 0) is 5.56 Å². The average Bonchev–Trinajstić information content (AvgIpc) is 3.87. The predicted molar refractivity (Wildman–Crippen MR) is 243 cm³/mol. The predicted octanol–water partition coefficient (Wildman–Crippen LogP) is 11.6. The second-order valence-corrected chi connectivity index (χ2v) is 11.7. The number of oxime groups is 1. The van der Waals surface area contributed by atoms with Gasteiger partial charge in [0.2, 0.25) is 0 Å². The van der Waals surface area contributed by atoms with Crippen molar-refractivity contribution in [3.8, 4) is 34.9 Å². The normalized spacial score (nSPS) is 7.87. The van der Waals surface area contributed by atoms with Gasteiger partial charge in [0.15, 0.2) is 0 Å². The molecular weight excluding hydrogens is 885 g/mol. The van der Waals surface area contributed by atoms with Crippen LogP contribution in [0, 0.1) is 12.3 Å². The second kappa shape index (κ2) is 53.0. The van der Waals surface area contributed by atoms with Gasteiger partial charge in [-0.3, -0.25) is 0 Å². The van der Waals surface area contributed by atoms with Gasteiger partial charge in [0.25, 0.3) is 0 Å². The number of terminal acetylenes is 1. The van der Waals surface area contributed by atoms with E-state index in [-0.39, 0.29) is 52.9 Å². The molecule has 10 heteroatoms. The van der Waals surface area contributed by atoms with Crippen LogP contribution < -0.4 is 23.2 Å². The molecule has 0 bridgehead atoms. The van der Waals surface area contributed by atoms with Gasteiger partial charge in [-0.15, -0.1) is 12.3 Å². The molecule has 5 rings (SSSR count). The van der Waals surface area contributed by atoms with Gasteiger partial charge < -0.3 is 20.4 Å². The van der Waals surface area contributed by atoms with Crippen LogP contribution in [0.1, 0.15) is 116 Å². The first-order valence-electron chi connectivity index (χ1n) is 16.2. The van der Waals surface area contributed by atoms with Crippen molar-refractivity contribution in [3.63, 3.8) is 0 Å². The zero-order chi connectivity index (χ0) is 36.8. The Morgan fingerprint density at radius 1 is 0.698 bits per heavy atom. The Labute approximate surface area is 347 Å². The van der Waals surface area contributed by atoms with Crippen molar-refractivity contribution in [1.29, 1.82) is 0 Å². The number of hydrogen-bond acceptors (Lipinski definition) is 7. The average molecular weight is 958 g/mol. The van der Waals surface area contributed by atoms with Crippen molar-refractivity contribution in [2.24, 2.45) is 5.16 Å². The third-order valence-electron chi connectivity index (χ3n) is 5.16. The molecule has 5 aromatic rings. The molecule has 0 spiro atoms. The minimum atomic E-state index is 0. The summed E-state index contributed by atoms with van der Waals surface area (Å²) in [6.07, 6.45) is 8.79. The third kappa shape index (κ3) is 35.4. The summed E-state index contributed by atoms with van der Waals surface area (Å²) in [5.41, 5.74) is 9.88. The van der Waals surface area contributed by atoms with E-state index >= 15 is 0 Å². The molecule has 300 valence electrons. The van der Waals surface area contributed by atoms with Gasteiger partial charge in [-0.1, -0.05) is 198 Å². The topological polar surface area (TPSA) is 120 Å². The molecule has 0 amide bonds. The molecule has 0 saturated carbocycles. The van der Waals surface area contributed by atoms with E-state index < -0.39 is 0 Å². The van der Waals surface area contributed by atoms with Gasteiger partial charge in [0.05, 0.1) is 6.21 Å². The number of rotatable bonds is 5. The van der Waals surface area contributed by atoms with Crippen molar-refractivity contribution in [3.05, 3.63) is 120 Å². The molecule has 0 aliphatic rings. The molecule has 0 aliphatic carbocycles. The number of halogens is 2. The number of nitrogens with zero attached hydrogens (tertiary/aromatic N) is 3. The Kier molecular flexibility index (Phi) is 67.6. The van der Waals surface area contributed by atoms with Crippen LogP contribution in [-0.4, -0.2) is 27.4 Å². The molecule has 2 aromatic heterocycles. The fourth-order valence-electron chi connectivity index (χ4n) is 3.05. The Balaban J connectivity index is -0.0000000798. The van der Waals surface area contributed by atoms with E-state index in [1.807, 2.05) is 152 Å². The van der Waals surface area contributed by atoms with E-state index in [1.165, 1.54) is 6.21 Å². The monoisotopic (exact) mass is 957 g/mol. The standard InChI is InChI=1S/2C11H11NO.C7H7NO.C4H6.3C2H6.4CH4.BI2.H3N/c2*1-2-10-8-11(12-13-10)9-6-4-3-5-7-9;9-8-6-7-4-2-1-3-5-7;1-3-4-2;3*1-2;;;;;1-3-2;/h2*3-8H,2H2,1H3;1-6,9H;1H,4H2,2H3;3*1-2H3;4*1H4;;1H3/q;;;;;;;;;;;-1;. The van der Waals surface area contributed by atoms with E-state index in [0.29, 0.717) is 0 Å². The Hall–Kier alpha value is -3.41. The molecule has 0 aliphatic heterocycles. The van der Waals surface area contributed by atoms with Crippen molar-refractivity contribution in [1.82, 2.24) is 16.5 Å². The summed E-state index contributed by atoms with van der Waals surface area (Å²) >= 11 is 2.24. The maximum absolute atomic E-state index is 8.09. The molecule has 3 aromatic carbocycles. The maximum atomic E-state index is 8.09. The van der Waals surface area contributed by atoms with Crippen LogP contribution in [0.5, 0.6) is 0 Å². The summed E-state index contributed by atoms with van der Waals surface area (Å²) in [5, 5.41) is 18.9. The first kappa shape index (κ1) is 67.7.